The van der Waals surface area contributed by atoms with Gasteiger partial charge in [-0.15, -0.1) is 11.3 Å². The van der Waals surface area contributed by atoms with E-state index in [1.165, 1.54) is 13.2 Å². The average Bonchev–Trinajstić information content (AvgIpc) is 3.78. The number of amides is 3. The zero-order valence-corrected chi connectivity index (χ0v) is 24.5. The summed E-state index contributed by atoms with van der Waals surface area (Å²) in [5.41, 5.74) is 6.35. The van der Waals surface area contributed by atoms with Gasteiger partial charge in [-0.3, -0.25) is 19.3 Å². The highest BCUT2D eigenvalue weighted by Gasteiger charge is 2.55. The Hall–Kier alpha value is -4.92. The van der Waals surface area contributed by atoms with E-state index in [0.29, 0.717) is 30.0 Å². The molecule has 1 aliphatic carbocycles. The van der Waals surface area contributed by atoms with Crippen molar-refractivity contribution in [1.82, 2.24) is 15.2 Å². The Kier molecular flexibility index (Phi) is 7.95. The Bertz CT molecular complexity index is 1610. The summed E-state index contributed by atoms with van der Waals surface area (Å²) < 4.78 is 11.2. The number of carboxylic acids is 1. The van der Waals surface area contributed by atoms with E-state index in [4.69, 9.17) is 20.0 Å². The van der Waals surface area contributed by atoms with Crippen LogP contribution in [0.25, 0.3) is 0 Å². The van der Waals surface area contributed by atoms with Crippen LogP contribution in [-0.2, 0) is 28.8 Å². The molecule has 0 bridgehead atoms. The zero-order valence-electron chi connectivity index (χ0n) is 23.7. The van der Waals surface area contributed by atoms with E-state index in [2.05, 4.69) is 15.5 Å². The number of carbonyl (C=O) groups excluding carboxylic acids is 3. The SMILES string of the molecule is COc1ccccc1N1CC/C(=C\C2=C(C(=O)O)N3C(=O)C(NC(=O)/C(=N\OC4CCCC4)c4csc(N)n4)C3CO2)C1=O. The number of rotatable bonds is 9. The van der Waals surface area contributed by atoms with Gasteiger partial charge in [-0.05, 0) is 50.3 Å². The number of carboxylic acid groups (broad SMARTS) is 1. The summed E-state index contributed by atoms with van der Waals surface area (Å²) in [6, 6.07) is 5.22. The second-order valence-electron chi connectivity index (χ2n) is 10.6. The number of nitrogens with zero attached hydrogens (tertiary/aromatic N) is 4. The minimum Gasteiger partial charge on any atom is -0.495 e. The number of allylic oxidation sites excluding steroid dienone is 1. The van der Waals surface area contributed by atoms with E-state index < -0.39 is 35.6 Å². The van der Waals surface area contributed by atoms with Crippen LogP contribution in [0.1, 0.15) is 37.8 Å². The number of benzene rings is 1. The van der Waals surface area contributed by atoms with Crippen molar-refractivity contribution in [3.05, 3.63) is 58.4 Å². The minimum atomic E-state index is -1.41. The molecular weight excluding hydrogens is 592 g/mol. The first kappa shape index (κ1) is 29.2. The van der Waals surface area contributed by atoms with Crippen molar-refractivity contribution in [3.63, 3.8) is 0 Å². The Morgan fingerprint density at radius 1 is 1.25 bits per heavy atom. The molecule has 4 aliphatic rings. The van der Waals surface area contributed by atoms with Crippen LogP contribution in [0.5, 0.6) is 5.75 Å². The molecule has 3 fully saturated rings. The highest BCUT2D eigenvalue weighted by atomic mass is 32.1. The van der Waals surface area contributed by atoms with Gasteiger partial charge in [0.25, 0.3) is 17.7 Å². The zero-order chi connectivity index (χ0) is 31.0. The van der Waals surface area contributed by atoms with Crippen LogP contribution in [0.3, 0.4) is 0 Å². The van der Waals surface area contributed by atoms with Crippen LogP contribution in [0.2, 0.25) is 0 Å². The second-order valence-corrected chi connectivity index (χ2v) is 11.5. The molecule has 6 rings (SSSR count). The monoisotopic (exact) mass is 622 g/mol. The summed E-state index contributed by atoms with van der Waals surface area (Å²) >= 11 is 1.13. The van der Waals surface area contributed by atoms with Gasteiger partial charge in [0.2, 0.25) is 0 Å². The van der Waals surface area contributed by atoms with Gasteiger partial charge < -0.3 is 35.4 Å². The van der Waals surface area contributed by atoms with Crippen molar-refractivity contribution < 1.29 is 38.6 Å². The minimum absolute atomic E-state index is 0.105. The van der Waals surface area contributed by atoms with Gasteiger partial charge in [0.05, 0.1) is 12.8 Å². The number of aliphatic carboxylic acids is 1. The number of carbonyl (C=O) groups is 4. The van der Waals surface area contributed by atoms with Crippen molar-refractivity contribution in [2.45, 2.75) is 50.3 Å². The maximum absolute atomic E-state index is 13.3. The molecule has 15 heteroatoms. The first-order valence-electron chi connectivity index (χ1n) is 14.1. The summed E-state index contributed by atoms with van der Waals surface area (Å²) in [5, 5.41) is 18.6. The van der Waals surface area contributed by atoms with E-state index in [9.17, 15) is 24.3 Å². The number of fused-ring (bicyclic) bond motifs is 1. The van der Waals surface area contributed by atoms with Crippen LogP contribution in [-0.4, -0.2) is 82.8 Å². The molecule has 2 saturated heterocycles. The summed E-state index contributed by atoms with van der Waals surface area (Å²) in [6.45, 7) is 0.255. The second kappa shape index (κ2) is 12.0. The molecule has 1 aromatic heterocycles. The van der Waals surface area contributed by atoms with Crippen LogP contribution < -0.4 is 20.7 Å². The lowest BCUT2D eigenvalue weighted by Gasteiger charge is -2.49. The van der Waals surface area contributed by atoms with Crippen molar-refractivity contribution >= 4 is 51.6 Å². The quantitative estimate of drug-likeness (QED) is 0.161. The Morgan fingerprint density at radius 2 is 2.02 bits per heavy atom. The standard InChI is InChI=1S/C29H30N6O8S/c1-41-20-9-5-4-8-18(20)34-11-10-15(26(34)37)12-21-24(28(39)40)35-19(13-42-21)23(27(35)38)32-25(36)22(17-14-44-29(30)31-17)33-43-16-6-2-3-7-16/h4-5,8-9,12,14,16,19,23H,2-3,6-7,10-11,13H2,1H3,(H2,30,31)(H,32,36)(H,39,40)/b15-12+,33-22-. The topological polar surface area (TPSA) is 186 Å². The number of para-hydroxylation sites is 2. The first-order valence-corrected chi connectivity index (χ1v) is 15.0. The number of hydrogen-bond acceptors (Lipinski definition) is 11. The molecule has 230 valence electrons. The van der Waals surface area contributed by atoms with E-state index in [-0.39, 0.29) is 40.9 Å². The fourth-order valence-corrected chi connectivity index (χ4v) is 6.30. The van der Waals surface area contributed by atoms with Crippen molar-refractivity contribution in [2.75, 3.05) is 30.9 Å². The van der Waals surface area contributed by atoms with Gasteiger partial charge in [0.15, 0.2) is 22.3 Å². The van der Waals surface area contributed by atoms with Gasteiger partial charge in [0, 0.05) is 17.5 Å². The van der Waals surface area contributed by atoms with Gasteiger partial charge in [0.1, 0.15) is 36.2 Å². The van der Waals surface area contributed by atoms with Crippen LogP contribution >= 0.6 is 11.3 Å². The number of nitrogens with one attached hydrogen (secondary N) is 1. The van der Waals surface area contributed by atoms with Crippen LogP contribution in [0.15, 0.2) is 57.9 Å². The third-order valence-corrected chi connectivity index (χ3v) is 8.65. The highest BCUT2D eigenvalue weighted by molar-refractivity contribution is 7.13. The average molecular weight is 623 g/mol. The molecule has 1 saturated carbocycles. The fourth-order valence-electron chi connectivity index (χ4n) is 5.75. The maximum atomic E-state index is 13.3. The predicted octanol–water partition coefficient (Wildman–Crippen LogP) is 1.78. The van der Waals surface area contributed by atoms with Crippen molar-refractivity contribution in [3.8, 4) is 5.75 Å². The van der Waals surface area contributed by atoms with E-state index in [1.54, 1.807) is 34.5 Å². The lowest BCUT2D eigenvalue weighted by atomic mass is 9.92. The summed E-state index contributed by atoms with van der Waals surface area (Å²) in [7, 11) is 1.51. The third-order valence-electron chi connectivity index (χ3n) is 7.97. The first-order chi connectivity index (χ1) is 21.3. The molecule has 0 spiro atoms. The maximum Gasteiger partial charge on any atom is 0.356 e. The van der Waals surface area contributed by atoms with Crippen molar-refractivity contribution in [1.29, 1.82) is 0 Å². The molecular formula is C29H30N6O8S. The Balaban J connectivity index is 1.20. The number of ether oxygens (including phenoxy) is 2. The molecule has 14 nitrogen and oxygen atoms in total. The molecule has 2 aromatic rings. The number of anilines is 2. The van der Waals surface area contributed by atoms with Crippen LogP contribution in [0, 0.1) is 0 Å². The molecule has 44 heavy (non-hydrogen) atoms. The van der Waals surface area contributed by atoms with E-state index in [1.807, 2.05) is 0 Å². The molecule has 2 unspecified atom stereocenters. The predicted molar refractivity (Wildman–Crippen MR) is 158 cm³/mol. The number of β-lactam (4-membered cyclic amide) rings is 1. The van der Waals surface area contributed by atoms with Gasteiger partial charge in [-0.2, -0.15) is 0 Å². The van der Waals surface area contributed by atoms with Crippen molar-refractivity contribution in [2.24, 2.45) is 5.16 Å². The molecule has 0 radical (unpaired) electrons. The third kappa shape index (κ3) is 5.34. The lowest BCUT2D eigenvalue weighted by Crippen LogP contribution is -2.73. The lowest BCUT2D eigenvalue weighted by molar-refractivity contribution is -0.159. The number of hydrogen-bond donors (Lipinski definition) is 3. The fraction of sp³-hybridized carbons (Fsp3) is 0.379. The number of methoxy groups -OCH3 is 1. The molecule has 3 aliphatic heterocycles. The molecule has 1 aromatic carbocycles. The normalized spacial score (nSPS) is 23.0. The molecule has 4 N–H and O–H groups in total. The number of oxime groups is 1. The van der Waals surface area contributed by atoms with Gasteiger partial charge in [-0.25, -0.2) is 9.78 Å². The molecule has 2 atom stereocenters. The van der Waals surface area contributed by atoms with Gasteiger partial charge in [-0.1, -0.05) is 17.3 Å². The highest BCUT2D eigenvalue weighted by Crippen LogP contribution is 2.36. The number of aromatic nitrogens is 1. The summed E-state index contributed by atoms with van der Waals surface area (Å²) in [6.07, 6.45) is 5.23. The number of nitrogen functional groups attached to an aromatic ring is 1. The molecule has 3 amide bonds. The largest absolute Gasteiger partial charge is 0.495 e. The smallest absolute Gasteiger partial charge is 0.356 e. The molecule has 4 heterocycles. The Morgan fingerprint density at radius 3 is 2.73 bits per heavy atom. The van der Waals surface area contributed by atoms with E-state index >= 15 is 0 Å². The van der Waals surface area contributed by atoms with Gasteiger partial charge >= 0.3 is 5.97 Å². The number of nitrogens with two attached hydrogens (primary N) is 1. The summed E-state index contributed by atoms with van der Waals surface area (Å²) in [4.78, 5) is 64.6. The Labute approximate surface area is 255 Å². The van der Waals surface area contributed by atoms with E-state index in [0.717, 1.165) is 41.9 Å². The summed E-state index contributed by atoms with van der Waals surface area (Å²) in [5.74, 6) is -2.67. The number of thiazole rings is 1. The van der Waals surface area contributed by atoms with Crippen LogP contribution in [0.4, 0.5) is 10.8 Å².